The molecule has 0 fully saturated rings. The second-order valence-electron chi connectivity index (χ2n) is 4.59. The van der Waals surface area contributed by atoms with Crippen molar-refractivity contribution in [2.45, 2.75) is 6.36 Å². The van der Waals surface area contributed by atoms with Gasteiger partial charge in [0.1, 0.15) is 23.8 Å². The summed E-state index contributed by atoms with van der Waals surface area (Å²) in [4.78, 5) is 14.8. The number of halogens is 3. The third kappa shape index (κ3) is 5.37. The lowest BCUT2D eigenvalue weighted by Gasteiger charge is -2.11. The van der Waals surface area contributed by atoms with Crippen LogP contribution in [0.2, 0.25) is 0 Å². The summed E-state index contributed by atoms with van der Waals surface area (Å²) in [5, 5.41) is 20.9. The van der Waals surface area contributed by atoms with Crippen molar-refractivity contribution in [3.63, 3.8) is 0 Å². The quantitative estimate of drug-likeness (QED) is 0.469. The molecule has 7 nitrogen and oxygen atoms in total. The Hall–Kier alpha value is -3.30. The lowest BCUT2D eigenvalue weighted by atomic mass is 10.2. The van der Waals surface area contributed by atoms with Crippen molar-refractivity contribution in [2.75, 3.05) is 6.61 Å². The Labute approximate surface area is 138 Å². The lowest BCUT2D eigenvalue weighted by Crippen LogP contribution is -2.17. The number of hydrogen-bond acceptors (Lipinski definition) is 6. The van der Waals surface area contributed by atoms with E-state index in [0.29, 0.717) is 0 Å². The van der Waals surface area contributed by atoms with Gasteiger partial charge in [0.25, 0.3) is 0 Å². The van der Waals surface area contributed by atoms with Crippen LogP contribution in [0.15, 0.2) is 47.8 Å². The fourth-order valence-electron chi connectivity index (χ4n) is 1.79. The Morgan fingerprint density at radius 3 is 2.56 bits per heavy atom. The highest BCUT2D eigenvalue weighted by atomic mass is 19.4. The molecule has 0 unspecified atom stereocenters. The summed E-state index contributed by atoms with van der Waals surface area (Å²) < 4.78 is 45.6. The molecule has 2 rings (SSSR count). The van der Waals surface area contributed by atoms with Gasteiger partial charge in [-0.2, -0.15) is 0 Å². The normalized spacial score (nSPS) is 11.9. The molecular formula is C15H11F3N2O5. The van der Waals surface area contributed by atoms with E-state index in [9.17, 15) is 18.0 Å². The molecule has 0 aliphatic heterocycles. The van der Waals surface area contributed by atoms with Crippen LogP contribution in [0, 0.1) is 0 Å². The number of ether oxygens (including phenoxy) is 2. The molecular weight excluding hydrogens is 345 g/mol. The molecule has 0 amide bonds. The second-order valence-corrected chi connectivity index (χ2v) is 4.59. The van der Waals surface area contributed by atoms with Crippen LogP contribution >= 0.6 is 0 Å². The maximum atomic E-state index is 12.2. The van der Waals surface area contributed by atoms with Crippen molar-refractivity contribution >= 4 is 11.7 Å². The number of nitrogens with zero attached hydrogens (tertiary/aromatic N) is 2. The van der Waals surface area contributed by atoms with E-state index >= 15 is 0 Å². The molecule has 0 spiro atoms. The molecule has 0 aliphatic carbocycles. The summed E-state index contributed by atoms with van der Waals surface area (Å²) in [6.07, 6.45) is -3.63. The molecule has 0 atom stereocenters. The topological polar surface area (TPSA) is 101 Å². The lowest BCUT2D eigenvalue weighted by molar-refractivity contribution is -0.274. The Balaban J connectivity index is 2.10. The van der Waals surface area contributed by atoms with Gasteiger partial charge in [-0.05, 0) is 24.3 Å². The van der Waals surface area contributed by atoms with E-state index in [1.165, 1.54) is 30.5 Å². The van der Waals surface area contributed by atoms with E-state index < -0.39 is 18.1 Å². The van der Waals surface area contributed by atoms with E-state index in [1.54, 1.807) is 0 Å². The second kappa shape index (κ2) is 7.51. The summed E-state index contributed by atoms with van der Waals surface area (Å²) in [6.45, 7) is -0.359. The Kier molecular flexibility index (Phi) is 5.42. The Morgan fingerprint density at radius 2 is 1.92 bits per heavy atom. The number of hydrogen-bond donors (Lipinski definition) is 2. The minimum Gasteiger partial charge on any atom is -0.487 e. The van der Waals surface area contributed by atoms with Crippen LogP contribution in [0.3, 0.4) is 0 Å². The molecule has 0 saturated heterocycles. The zero-order chi connectivity index (χ0) is 18.4. The average molecular weight is 356 g/mol. The van der Waals surface area contributed by atoms with Crippen molar-refractivity contribution in [2.24, 2.45) is 5.16 Å². The molecule has 25 heavy (non-hydrogen) atoms. The van der Waals surface area contributed by atoms with Crippen molar-refractivity contribution in [3.8, 4) is 11.5 Å². The van der Waals surface area contributed by atoms with Crippen molar-refractivity contribution in [3.05, 3.63) is 53.9 Å². The number of benzene rings is 1. The SMILES string of the molecule is O=C(O)c1ccnc(/C(COc2cccc(OC(F)(F)F)c2)=N/O)c1. The first kappa shape index (κ1) is 18.0. The molecule has 1 heterocycles. The number of carbonyl (C=O) groups is 1. The van der Waals surface area contributed by atoms with Crippen LogP contribution < -0.4 is 9.47 Å². The van der Waals surface area contributed by atoms with Crippen molar-refractivity contribution in [1.29, 1.82) is 0 Å². The summed E-state index contributed by atoms with van der Waals surface area (Å²) in [6, 6.07) is 7.18. The van der Waals surface area contributed by atoms with E-state index in [0.717, 1.165) is 12.1 Å². The number of pyridine rings is 1. The molecule has 0 bridgehead atoms. The van der Waals surface area contributed by atoms with Crippen LogP contribution in [0.1, 0.15) is 16.1 Å². The van der Waals surface area contributed by atoms with Gasteiger partial charge < -0.3 is 19.8 Å². The highest BCUT2D eigenvalue weighted by Gasteiger charge is 2.31. The largest absolute Gasteiger partial charge is 0.573 e. The van der Waals surface area contributed by atoms with Gasteiger partial charge in [-0.15, -0.1) is 13.2 Å². The average Bonchev–Trinajstić information content (AvgIpc) is 2.54. The zero-order valence-corrected chi connectivity index (χ0v) is 12.4. The van der Waals surface area contributed by atoms with E-state index in [-0.39, 0.29) is 29.3 Å². The fraction of sp³-hybridized carbons (Fsp3) is 0.133. The van der Waals surface area contributed by atoms with Crippen LogP contribution in [-0.4, -0.2) is 39.9 Å². The molecule has 10 heteroatoms. The molecule has 2 aromatic rings. The van der Waals surface area contributed by atoms with Crippen LogP contribution in [0.4, 0.5) is 13.2 Å². The molecule has 0 radical (unpaired) electrons. The summed E-state index contributed by atoms with van der Waals surface area (Å²) in [5.74, 6) is -1.64. The maximum Gasteiger partial charge on any atom is 0.573 e. The van der Waals surface area contributed by atoms with Crippen LogP contribution in [-0.2, 0) is 0 Å². The smallest absolute Gasteiger partial charge is 0.487 e. The highest BCUT2D eigenvalue weighted by Crippen LogP contribution is 2.26. The van der Waals surface area contributed by atoms with Gasteiger partial charge in [0.05, 0.1) is 11.3 Å². The third-order valence-corrected chi connectivity index (χ3v) is 2.84. The number of rotatable bonds is 6. The first-order chi connectivity index (χ1) is 11.8. The standard InChI is InChI=1S/C15H11F3N2O5/c16-15(17,18)25-11-3-1-2-10(7-11)24-8-13(20-23)12-6-9(14(21)22)4-5-19-12/h1-7,23H,8H2,(H,21,22)/b20-13+. The Bertz CT molecular complexity index is 793. The highest BCUT2D eigenvalue weighted by molar-refractivity contribution is 6.01. The first-order valence-corrected chi connectivity index (χ1v) is 6.68. The zero-order valence-electron chi connectivity index (χ0n) is 12.4. The molecule has 2 N–H and O–H groups in total. The van der Waals surface area contributed by atoms with Gasteiger partial charge in [0.2, 0.25) is 0 Å². The minimum absolute atomic E-state index is 0.0253. The predicted octanol–water partition coefficient (Wildman–Crippen LogP) is 2.94. The number of carboxylic acid groups (broad SMARTS) is 1. The third-order valence-electron chi connectivity index (χ3n) is 2.84. The molecule has 0 saturated carbocycles. The van der Waals surface area contributed by atoms with Gasteiger partial charge in [0.15, 0.2) is 0 Å². The summed E-state index contributed by atoms with van der Waals surface area (Å²) >= 11 is 0. The number of oxime groups is 1. The first-order valence-electron chi connectivity index (χ1n) is 6.68. The fourth-order valence-corrected chi connectivity index (χ4v) is 1.79. The van der Waals surface area contributed by atoms with Crippen LogP contribution in [0.5, 0.6) is 11.5 Å². The van der Waals surface area contributed by atoms with Gasteiger partial charge in [-0.1, -0.05) is 11.2 Å². The number of aromatic nitrogens is 1. The van der Waals surface area contributed by atoms with Gasteiger partial charge in [-0.25, -0.2) is 4.79 Å². The van der Waals surface area contributed by atoms with E-state index in [1.807, 2.05) is 0 Å². The summed E-state index contributed by atoms with van der Waals surface area (Å²) in [5.41, 5.74) is -0.137. The molecule has 1 aromatic carbocycles. The maximum absolute atomic E-state index is 12.2. The number of alkyl halides is 3. The number of aromatic carboxylic acids is 1. The Morgan fingerprint density at radius 1 is 1.20 bits per heavy atom. The van der Waals surface area contributed by atoms with Gasteiger partial charge >= 0.3 is 12.3 Å². The van der Waals surface area contributed by atoms with Gasteiger partial charge in [0, 0.05) is 12.3 Å². The van der Waals surface area contributed by atoms with E-state index in [2.05, 4.69) is 14.9 Å². The van der Waals surface area contributed by atoms with Crippen molar-refractivity contribution < 1.29 is 37.8 Å². The minimum atomic E-state index is -4.84. The molecule has 1 aromatic heterocycles. The summed E-state index contributed by atoms with van der Waals surface area (Å²) in [7, 11) is 0. The molecule has 0 aliphatic rings. The number of carboxylic acids is 1. The van der Waals surface area contributed by atoms with E-state index in [4.69, 9.17) is 15.1 Å². The monoisotopic (exact) mass is 356 g/mol. The molecule has 132 valence electrons. The van der Waals surface area contributed by atoms with Crippen molar-refractivity contribution in [1.82, 2.24) is 4.98 Å². The predicted molar refractivity (Wildman–Crippen MR) is 78.1 cm³/mol. The van der Waals surface area contributed by atoms with Gasteiger partial charge in [-0.3, -0.25) is 4.98 Å². The van der Waals surface area contributed by atoms with Crippen LogP contribution in [0.25, 0.3) is 0 Å².